The minimum atomic E-state index is -0.463. The first-order valence-electron chi connectivity index (χ1n) is 8.22. The molecule has 0 aromatic carbocycles. The third-order valence-corrected chi connectivity index (χ3v) is 3.96. The van der Waals surface area contributed by atoms with Gasteiger partial charge in [-0.2, -0.15) is 0 Å². The Labute approximate surface area is 145 Å². The molecule has 0 radical (unpaired) electrons. The van der Waals surface area contributed by atoms with E-state index < -0.39 is 11.7 Å². The fraction of sp³-hybridized carbons (Fsp3) is 0.389. The van der Waals surface area contributed by atoms with Gasteiger partial charge >= 0.3 is 0 Å². The van der Waals surface area contributed by atoms with E-state index in [1.165, 1.54) is 12.1 Å². The molecule has 0 unspecified atom stereocenters. The topological polar surface area (TPSA) is 73.3 Å². The lowest BCUT2D eigenvalue weighted by Crippen LogP contribution is -2.21. The van der Waals surface area contributed by atoms with E-state index in [0.717, 1.165) is 32.3 Å². The normalized spacial score (nSPS) is 15.0. The van der Waals surface area contributed by atoms with E-state index in [0.29, 0.717) is 24.0 Å². The average molecular weight is 345 g/mol. The number of carbonyl (C=O) groups is 1. The van der Waals surface area contributed by atoms with Crippen molar-refractivity contribution in [2.45, 2.75) is 19.8 Å². The Balaban J connectivity index is 1.65. The Bertz CT molecular complexity index is 731. The van der Waals surface area contributed by atoms with Crippen molar-refractivity contribution in [1.29, 1.82) is 0 Å². The van der Waals surface area contributed by atoms with Gasteiger partial charge in [-0.25, -0.2) is 14.4 Å². The summed E-state index contributed by atoms with van der Waals surface area (Å²) in [7, 11) is 0. The van der Waals surface area contributed by atoms with E-state index in [9.17, 15) is 9.18 Å². The molecule has 132 valence electrons. The third-order valence-electron chi connectivity index (χ3n) is 3.96. The Morgan fingerprint density at radius 2 is 2.16 bits per heavy atom. The SMILES string of the molecule is Cc1cc(OCC2CCOCC2)cc(C(=O)Nc2ccc(F)cn2)n1. The van der Waals surface area contributed by atoms with Gasteiger partial charge in [0.1, 0.15) is 23.1 Å². The Morgan fingerprint density at radius 1 is 1.36 bits per heavy atom. The number of aryl methyl sites for hydroxylation is 1. The summed E-state index contributed by atoms with van der Waals surface area (Å²) in [5.74, 6) is 0.452. The molecule has 1 saturated heterocycles. The van der Waals surface area contributed by atoms with Crippen molar-refractivity contribution in [2.75, 3.05) is 25.1 Å². The lowest BCUT2D eigenvalue weighted by molar-refractivity contribution is 0.0497. The number of hydrogen-bond donors (Lipinski definition) is 1. The first-order valence-corrected chi connectivity index (χ1v) is 8.22. The predicted octanol–water partition coefficient (Wildman–Crippen LogP) is 2.98. The molecule has 1 aliphatic heterocycles. The number of nitrogens with zero attached hydrogens (tertiary/aromatic N) is 2. The predicted molar refractivity (Wildman–Crippen MR) is 90.2 cm³/mol. The summed E-state index contributed by atoms with van der Waals surface area (Å²) in [5.41, 5.74) is 0.912. The molecule has 1 N–H and O–H groups in total. The van der Waals surface area contributed by atoms with Gasteiger partial charge in [-0.15, -0.1) is 0 Å². The van der Waals surface area contributed by atoms with Crippen molar-refractivity contribution in [2.24, 2.45) is 5.92 Å². The first kappa shape index (κ1) is 17.3. The van der Waals surface area contributed by atoms with E-state index in [2.05, 4.69) is 15.3 Å². The maximum absolute atomic E-state index is 12.9. The minimum absolute atomic E-state index is 0.230. The number of aromatic nitrogens is 2. The van der Waals surface area contributed by atoms with Crippen LogP contribution in [0.4, 0.5) is 10.2 Å². The quantitative estimate of drug-likeness (QED) is 0.902. The van der Waals surface area contributed by atoms with Gasteiger partial charge in [-0.3, -0.25) is 4.79 Å². The second-order valence-corrected chi connectivity index (χ2v) is 6.01. The summed E-state index contributed by atoms with van der Waals surface area (Å²) in [6.45, 7) is 3.92. The molecule has 0 bridgehead atoms. The summed E-state index contributed by atoms with van der Waals surface area (Å²) in [6, 6.07) is 6.03. The van der Waals surface area contributed by atoms with Crippen molar-refractivity contribution in [3.8, 4) is 5.75 Å². The van der Waals surface area contributed by atoms with Crippen LogP contribution in [0.2, 0.25) is 0 Å². The number of rotatable bonds is 5. The Hall–Kier alpha value is -2.54. The molecule has 0 aliphatic carbocycles. The highest BCUT2D eigenvalue weighted by molar-refractivity contribution is 6.02. The number of halogens is 1. The number of carbonyl (C=O) groups excluding carboxylic acids is 1. The number of ether oxygens (including phenoxy) is 2. The van der Waals surface area contributed by atoms with Crippen LogP contribution in [0.3, 0.4) is 0 Å². The third kappa shape index (κ3) is 4.96. The Kier molecular flexibility index (Phi) is 5.55. The number of pyridine rings is 2. The van der Waals surface area contributed by atoms with Gasteiger partial charge in [0.05, 0.1) is 12.8 Å². The van der Waals surface area contributed by atoms with E-state index in [1.807, 2.05) is 0 Å². The number of amides is 1. The van der Waals surface area contributed by atoms with Crippen molar-refractivity contribution in [1.82, 2.24) is 9.97 Å². The number of anilines is 1. The van der Waals surface area contributed by atoms with Crippen molar-refractivity contribution < 1.29 is 18.7 Å². The molecule has 3 rings (SSSR count). The highest BCUT2D eigenvalue weighted by Gasteiger charge is 2.16. The molecule has 2 aromatic heterocycles. The van der Waals surface area contributed by atoms with Crippen LogP contribution in [0.15, 0.2) is 30.5 Å². The maximum Gasteiger partial charge on any atom is 0.275 e. The van der Waals surface area contributed by atoms with Gasteiger partial charge < -0.3 is 14.8 Å². The van der Waals surface area contributed by atoms with Crippen LogP contribution < -0.4 is 10.1 Å². The van der Waals surface area contributed by atoms with Gasteiger partial charge in [0.2, 0.25) is 0 Å². The second kappa shape index (κ2) is 8.02. The van der Waals surface area contributed by atoms with E-state index in [4.69, 9.17) is 9.47 Å². The monoisotopic (exact) mass is 345 g/mol. The van der Waals surface area contributed by atoms with Gasteiger partial charge in [-0.05, 0) is 37.8 Å². The molecule has 1 amide bonds. The number of nitrogens with one attached hydrogen (secondary N) is 1. The molecular weight excluding hydrogens is 325 g/mol. The van der Waals surface area contributed by atoms with E-state index in [1.54, 1.807) is 19.1 Å². The van der Waals surface area contributed by atoms with Crippen LogP contribution in [0.1, 0.15) is 29.0 Å². The largest absolute Gasteiger partial charge is 0.493 e. The molecule has 0 atom stereocenters. The molecule has 6 nitrogen and oxygen atoms in total. The second-order valence-electron chi connectivity index (χ2n) is 6.01. The van der Waals surface area contributed by atoms with Crippen LogP contribution in [0.25, 0.3) is 0 Å². The molecule has 7 heteroatoms. The Morgan fingerprint density at radius 3 is 2.88 bits per heavy atom. The van der Waals surface area contributed by atoms with Crippen LogP contribution in [-0.4, -0.2) is 35.7 Å². The number of hydrogen-bond acceptors (Lipinski definition) is 5. The van der Waals surface area contributed by atoms with Gasteiger partial charge in [-0.1, -0.05) is 0 Å². The van der Waals surface area contributed by atoms with Crippen molar-refractivity contribution >= 4 is 11.7 Å². The summed E-state index contributed by atoms with van der Waals surface area (Å²) in [4.78, 5) is 20.4. The molecule has 0 spiro atoms. The highest BCUT2D eigenvalue weighted by atomic mass is 19.1. The zero-order chi connectivity index (χ0) is 17.6. The highest BCUT2D eigenvalue weighted by Crippen LogP contribution is 2.19. The first-order chi connectivity index (χ1) is 12.1. The standard InChI is InChI=1S/C18H20FN3O3/c1-12-8-15(25-11-13-4-6-24-7-5-13)9-16(21-12)18(23)22-17-3-2-14(19)10-20-17/h2-3,8-10,13H,4-7,11H2,1H3,(H,20,22,23). The zero-order valence-electron chi connectivity index (χ0n) is 14.0. The zero-order valence-corrected chi connectivity index (χ0v) is 14.0. The van der Waals surface area contributed by atoms with Gasteiger partial charge in [0, 0.05) is 31.0 Å². The van der Waals surface area contributed by atoms with Crippen molar-refractivity contribution in [3.63, 3.8) is 0 Å². The van der Waals surface area contributed by atoms with Crippen LogP contribution in [-0.2, 0) is 4.74 Å². The lowest BCUT2D eigenvalue weighted by atomic mass is 10.0. The minimum Gasteiger partial charge on any atom is -0.493 e. The summed E-state index contributed by atoms with van der Waals surface area (Å²) in [6.07, 6.45) is 3.00. The smallest absolute Gasteiger partial charge is 0.275 e. The van der Waals surface area contributed by atoms with E-state index in [-0.39, 0.29) is 11.5 Å². The van der Waals surface area contributed by atoms with Crippen molar-refractivity contribution in [3.05, 3.63) is 47.7 Å². The average Bonchev–Trinajstić information content (AvgIpc) is 2.62. The maximum atomic E-state index is 12.9. The molecule has 3 heterocycles. The summed E-state index contributed by atoms with van der Waals surface area (Å²) < 4.78 is 24.1. The summed E-state index contributed by atoms with van der Waals surface area (Å²) in [5, 5.41) is 2.59. The fourth-order valence-corrected chi connectivity index (χ4v) is 2.59. The van der Waals surface area contributed by atoms with Crippen LogP contribution >= 0.6 is 0 Å². The molecule has 2 aromatic rings. The molecule has 25 heavy (non-hydrogen) atoms. The van der Waals surface area contributed by atoms with Gasteiger partial charge in [0.15, 0.2) is 0 Å². The van der Waals surface area contributed by atoms with Crippen LogP contribution in [0, 0.1) is 18.7 Å². The molecule has 1 fully saturated rings. The molecule has 0 saturated carbocycles. The van der Waals surface area contributed by atoms with E-state index >= 15 is 0 Å². The molecular formula is C18H20FN3O3. The lowest BCUT2D eigenvalue weighted by Gasteiger charge is -2.22. The summed E-state index contributed by atoms with van der Waals surface area (Å²) >= 11 is 0. The van der Waals surface area contributed by atoms with Crippen LogP contribution in [0.5, 0.6) is 5.75 Å². The van der Waals surface area contributed by atoms with Gasteiger partial charge in [0.25, 0.3) is 5.91 Å². The molecule has 1 aliphatic rings. The fourth-order valence-electron chi connectivity index (χ4n) is 2.59.